The average Bonchev–Trinajstić information content (AvgIpc) is 2.77. The van der Waals surface area contributed by atoms with E-state index in [1.165, 1.54) is 10.2 Å². The van der Waals surface area contributed by atoms with Crippen molar-refractivity contribution in [3.05, 3.63) is 41.7 Å². The average molecular weight is 288 g/mol. The molecule has 6 nitrogen and oxygen atoms in total. The van der Waals surface area contributed by atoms with E-state index in [0.29, 0.717) is 12.3 Å². The summed E-state index contributed by atoms with van der Waals surface area (Å²) >= 11 is 0. The first kappa shape index (κ1) is 14.9. The van der Waals surface area contributed by atoms with Gasteiger partial charge in [0.2, 0.25) is 0 Å². The minimum absolute atomic E-state index is 0.153. The molecule has 1 aromatic carbocycles. The molecule has 1 amide bonds. The molecule has 0 saturated carbocycles. The molecule has 0 aliphatic carbocycles. The lowest BCUT2D eigenvalue weighted by molar-refractivity contribution is 0.0922. The van der Waals surface area contributed by atoms with Gasteiger partial charge < -0.3 is 15.8 Å². The van der Waals surface area contributed by atoms with Crippen LogP contribution in [0.15, 0.2) is 30.5 Å². The maximum absolute atomic E-state index is 12.0. The third-order valence-electron chi connectivity index (χ3n) is 2.97. The smallest absolute Gasteiger partial charge is 0.274 e. The second kappa shape index (κ2) is 6.30. The number of nitrogens with two attached hydrogens (primary N) is 1. The zero-order chi connectivity index (χ0) is 15.4. The highest BCUT2D eigenvalue weighted by molar-refractivity contribution is 5.97. The molecule has 2 rings (SSSR count). The SMILES string of the molecule is Cc1ccc(OCC(C)NC(=O)c2nn(C)cc2N)cc1. The highest BCUT2D eigenvalue weighted by Crippen LogP contribution is 2.12. The van der Waals surface area contributed by atoms with E-state index in [1.54, 1.807) is 13.2 Å². The molecule has 1 heterocycles. The number of amides is 1. The number of aryl methyl sites for hydroxylation is 2. The standard InChI is InChI=1S/C15H20N4O2/c1-10-4-6-12(7-5-10)21-9-11(2)17-15(20)14-13(16)8-19(3)18-14/h4-8,11H,9,16H2,1-3H3,(H,17,20). The highest BCUT2D eigenvalue weighted by Gasteiger charge is 2.16. The first-order chi connectivity index (χ1) is 9.95. The van der Waals surface area contributed by atoms with E-state index in [0.717, 1.165) is 5.75 Å². The molecule has 112 valence electrons. The quantitative estimate of drug-likeness (QED) is 0.873. The van der Waals surface area contributed by atoms with Gasteiger partial charge in [-0.15, -0.1) is 0 Å². The lowest BCUT2D eigenvalue weighted by atomic mass is 10.2. The molecule has 0 bridgehead atoms. The number of ether oxygens (including phenoxy) is 1. The van der Waals surface area contributed by atoms with Crippen LogP contribution < -0.4 is 15.8 Å². The number of hydrogen-bond acceptors (Lipinski definition) is 4. The Morgan fingerprint density at radius 3 is 2.67 bits per heavy atom. The fourth-order valence-electron chi connectivity index (χ4n) is 1.87. The van der Waals surface area contributed by atoms with E-state index in [1.807, 2.05) is 38.1 Å². The molecular formula is C15H20N4O2. The first-order valence-electron chi connectivity index (χ1n) is 6.75. The molecule has 21 heavy (non-hydrogen) atoms. The van der Waals surface area contributed by atoms with Crippen molar-refractivity contribution in [3.63, 3.8) is 0 Å². The molecular weight excluding hydrogens is 268 g/mol. The third kappa shape index (κ3) is 3.98. The van der Waals surface area contributed by atoms with E-state index >= 15 is 0 Å². The molecule has 3 N–H and O–H groups in total. The Kier molecular flexibility index (Phi) is 4.47. The molecule has 1 atom stereocenters. The summed E-state index contributed by atoms with van der Waals surface area (Å²) in [6, 6.07) is 7.61. The Hall–Kier alpha value is -2.50. The van der Waals surface area contributed by atoms with E-state index in [2.05, 4.69) is 10.4 Å². The Bertz CT molecular complexity index is 619. The van der Waals surface area contributed by atoms with Gasteiger partial charge in [0.15, 0.2) is 5.69 Å². The van der Waals surface area contributed by atoms with Crippen molar-refractivity contribution in [1.82, 2.24) is 15.1 Å². The minimum atomic E-state index is -0.298. The largest absolute Gasteiger partial charge is 0.491 e. The molecule has 1 aromatic heterocycles. The van der Waals surface area contributed by atoms with Crippen LogP contribution in [0, 0.1) is 6.92 Å². The Labute approximate surface area is 123 Å². The van der Waals surface area contributed by atoms with Crippen LogP contribution in [0.25, 0.3) is 0 Å². The summed E-state index contributed by atoms with van der Waals surface area (Å²) in [5.74, 6) is 0.479. The molecule has 6 heteroatoms. The van der Waals surface area contributed by atoms with Gasteiger partial charge in [-0.2, -0.15) is 5.10 Å². The maximum atomic E-state index is 12.0. The Morgan fingerprint density at radius 2 is 2.10 bits per heavy atom. The Morgan fingerprint density at radius 1 is 1.43 bits per heavy atom. The Balaban J connectivity index is 1.86. The van der Waals surface area contributed by atoms with Gasteiger partial charge in [-0.1, -0.05) is 17.7 Å². The van der Waals surface area contributed by atoms with Crippen molar-refractivity contribution >= 4 is 11.6 Å². The van der Waals surface area contributed by atoms with E-state index in [4.69, 9.17) is 10.5 Å². The summed E-state index contributed by atoms with van der Waals surface area (Å²) in [6.07, 6.45) is 1.60. The van der Waals surface area contributed by atoms with Gasteiger partial charge in [0.25, 0.3) is 5.91 Å². The molecule has 0 saturated heterocycles. The number of hydrogen-bond donors (Lipinski definition) is 2. The van der Waals surface area contributed by atoms with Crippen LogP contribution in [0.2, 0.25) is 0 Å². The van der Waals surface area contributed by atoms with Gasteiger partial charge >= 0.3 is 0 Å². The van der Waals surface area contributed by atoms with Crippen LogP contribution in [-0.4, -0.2) is 28.3 Å². The van der Waals surface area contributed by atoms with Crippen molar-refractivity contribution in [2.75, 3.05) is 12.3 Å². The van der Waals surface area contributed by atoms with E-state index in [-0.39, 0.29) is 17.6 Å². The molecule has 2 aromatic rings. The molecule has 0 radical (unpaired) electrons. The van der Waals surface area contributed by atoms with Gasteiger partial charge in [-0.05, 0) is 26.0 Å². The van der Waals surface area contributed by atoms with Gasteiger partial charge in [0.05, 0.1) is 11.7 Å². The third-order valence-corrected chi connectivity index (χ3v) is 2.97. The van der Waals surface area contributed by atoms with Crippen molar-refractivity contribution in [2.24, 2.45) is 7.05 Å². The number of nitrogens with zero attached hydrogens (tertiary/aromatic N) is 2. The van der Waals surface area contributed by atoms with Crippen LogP contribution in [0.3, 0.4) is 0 Å². The summed E-state index contributed by atoms with van der Waals surface area (Å²) in [5, 5.41) is 6.84. The summed E-state index contributed by atoms with van der Waals surface area (Å²) < 4.78 is 7.14. The van der Waals surface area contributed by atoms with Crippen LogP contribution in [0.1, 0.15) is 23.0 Å². The normalized spacial score (nSPS) is 12.0. The zero-order valence-electron chi connectivity index (χ0n) is 12.5. The number of carbonyl (C=O) groups excluding carboxylic acids is 1. The molecule has 0 spiro atoms. The highest BCUT2D eigenvalue weighted by atomic mass is 16.5. The van der Waals surface area contributed by atoms with Crippen molar-refractivity contribution in [3.8, 4) is 5.75 Å². The summed E-state index contributed by atoms with van der Waals surface area (Å²) in [5.41, 5.74) is 7.50. The van der Waals surface area contributed by atoms with Crippen molar-refractivity contribution in [2.45, 2.75) is 19.9 Å². The van der Waals surface area contributed by atoms with Crippen molar-refractivity contribution in [1.29, 1.82) is 0 Å². The second-order valence-corrected chi connectivity index (χ2v) is 5.11. The van der Waals surface area contributed by atoms with Gasteiger partial charge in [0.1, 0.15) is 12.4 Å². The lowest BCUT2D eigenvalue weighted by Crippen LogP contribution is -2.37. The van der Waals surface area contributed by atoms with Crippen LogP contribution in [-0.2, 0) is 7.05 Å². The molecule has 0 aliphatic rings. The van der Waals surface area contributed by atoms with Crippen LogP contribution in [0.4, 0.5) is 5.69 Å². The summed E-state index contributed by atoms with van der Waals surface area (Å²) in [6.45, 7) is 4.26. The number of benzene rings is 1. The van der Waals surface area contributed by atoms with E-state index < -0.39 is 0 Å². The van der Waals surface area contributed by atoms with E-state index in [9.17, 15) is 4.79 Å². The number of anilines is 1. The fourth-order valence-corrected chi connectivity index (χ4v) is 1.87. The monoisotopic (exact) mass is 288 g/mol. The molecule has 0 aliphatic heterocycles. The summed E-state index contributed by atoms with van der Waals surface area (Å²) in [7, 11) is 1.72. The minimum Gasteiger partial charge on any atom is -0.491 e. The number of nitrogen functional groups attached to an aromatic ring is 1. The first-order valence-corrected chi connectivity index (χ1v) is 6.75. The fraction of sp³-hybridized carbons (Fsp3) is 0.333. The van der Waals surface area contributed by atoms with Crippen LogP contribution >= 0.6 is 0 Å². The predicted molar refractivity (Wildman–Crippen MR) is 81.2 cm³/mol. The lowest BCUT2D eigenvalue weighted by Gasteiger charge is -2.14. The maximum Gasteiger partial charge on any atom is 0.274 e. The number of nitrogens with one attached hydrogen (secondary N) is 1. The second-order valence-electron chi connectivity index (χ2n) is 5.11. The topological polar surface area (TPSA) is 82.2 Å². The molecule has 1 unspecified atom stereocenters. The van der Waals surface area contributed by atoms with Crippen LogP contribution in [0.5, 0.6) is 5.75 Å². The van der Waals surface area contributed by atoms with Crippen molar-refractivity contribution < 1.29 is 9.53 Å². The van der Waals surface area contributed by atoms with Gasteiger partial charge in [0, 0.05) is 13.2 Å². The number of carbonyl (C=O) groups is 1. The zero-order valence-corrected chi connectivity index (χ0v) is 12.5. The summed E-state index contributed by atoms with van der Waals surface area (Å²) in [4.78, 5) is 12.0. The van der Waals surface area contributed by atoms with Gasteiger partial charge in [-0.3, -0.25) is 9.48 Å². The van der Waals surface area contributed by atoms with Gasteiger partial charge in [-0.25, -0.2) is 0 Å². The molecule has 0 fully saturated rings. The number of aromatic nitrogens is 2. The predicted octanol–water partition coefficient (Wildman–Crippen LogP) is 1.51. The number of rotatable bonds is 5.